The second-order valence-electron chi connectivity index (χ2n) is 5.34. The quantitative estimate of drug-likeness (QED) is 0.768. The number of hydrogen-bond donors (Lipinski definition) is 2. The highest BCUT2D eigenvalue weighted by Crippen LogP contribution is 2.18. The van der Waals surface area contributed by atoms with Gasteiger partial charge < -0.3 is 15.8 Å². The maximum atomic E-state index is 5.89. The van der Waals surface area contributed by atoms with Crippen molar-refractivity contribution in [2.45, 2.75) is 69.6 Å². The Morgan fingerprint density at radius 2 is 1.88 bits per heavy atom. The van der Waals surface area contributed by atoms with Gasteiger partial charge in [-0.3, -0.25) is 0 Å². The van der Waals surface area contributed by atoms with Crippen molar-refractivity contribution in [3.63, 3.8) is 0 Å². The Morgan fingerprint density at radius 1 is 1.06 bits per heavy atom. The van der Waals surface area contributed by atoms with E-state index in [9.17, 15) is 0 Å². The average molecular weight is 226 g/mol. The van der Waals surface area contributed by atoms with Gasteiger partial charge in [-0.2, -0.15) is 0 Å². The molecule has 94 valence electrons. The molecule has 1 saturated carbocycles. The summed E-state index contributed by atoms with van der Waals surface area (Å²) in [6.45, 7) is 2.09. The number of hydrogen-bond acceptors (Lipinski definition) is 3. The molecule has 2 fully saturated rings. The highest BCUT2D eigenvalue weighted by molar-refractivity contribution is 4.79. The van der Waals surface area contributed by atoms with Crippen LogP contribution in [-0.2, 0) is 4.74 Å². The molecule has 0 bridgehead atoms. The molecule has 1 atom stereocenters. The van der Waals surface area contributed by atoms with Crippen LogP contribution in [-0.4, -0.2) is 31.3 Å². The fourth-order valence-corrected chi connectivity index (χ4v) is 2.81. The van der Waals surface area contributed by atoms with E-state index in [4.69, 9.17) is 10.5 Å². The molecule has 1 unspecified atom stereocenters. The minimum absolute atomic E-state index is 0.458. The van der Waals surface area contributed by atoms with E-state index in [1.54, 1.807) is 0 Å². The summed E-state index contributed by atoms with van der Waals surface area (Å²) < 4.78 is 5.72. The SMILES string of the molecule is NC1CCC(NCCC2CCCCO2)CC1. The van der Waals surface area contributed by atoms with E-state index in [2.05, 4.69) is 5.32 Å². The second kappa shape index (κ2) is 6.58. The van der Waals surface area contributed by atoms with Gasteiger partial charge >= 0.3 is 0 Å². The molecule has 0 radical (unpaired) electrons. The zero-order valence-corrected chi connectivity index (χ0v) is 10.3. The highest BCUT2D eigenvalue weighted by atomic mass is 16.5. The van der Waals surface area contributed by atoms with E-state index in [0.717, 1.165) is 13.2 Å². The van der Waals surface area contributed by atoms with Crippen LogP contribution in [0.1, 0.15) is 51.4 Å². The van der Waals surface area contributed by atoms with Crippen molar-refractivity contribution in [1.29, 1.82) is 0 Å². The maximum absolute atomic E-state index is 5.89. The predicted octanol–water partition coefficient (Wildman–Crippen LogP) is 1.81. The summed E-state index contributed by atoms with van der Waals surface area (Å²) in [5, 5.41) is 3.65. The van der Waals surface area contributed by atoms with Crippen LogP contribution < -0.4 is 11.1 Å². The lowest BCUT2D eigenvalue weighted by Crippen LogP contribution is -2.38. The van der Waals surface area contributed by atoms with E-state index in [-0.39, 0.29) is 0 Å². The predicted molar refractivity (Wildman–Crippen MR) is 66.4 cm³/mol. The molecule has 0 aromatic heterocycles. The van der Waals surface area contributed by atoms with Crippen molar-refractivity contribution in [1.82, 2.24) is 5.32 Å². The van der Waals surface area contributed by atoms with Crippen molar-refractivity contribution in [2.75, 3.05) is 13.2 Å². The third-order valence-electron chi connectivity index (χ3n) is 3.95. The van der Waals surface area contributed by atoms with Gasteiger partial charge in [0.2, 0.25) is 0 Å². The minimum atomic E-state index is 0.458. The molecule has 2 rings (SSSR count). The van der Waals surface area contributed by atoms with Gasteiger partial charge in [-0.15, -0.1) is 0 Å². The van der Waals surface area contributed by atoms with Crippen LogP contribution in [0.25, 0.3) is 0 Å². The number of nitrogens with one attached hydrogen (secondary N) is 1. The van der Waals surface area contributed by atoms with Crippen LogP contribution in [0, 0.1) is 0 Å². The summed E-state index contributed by atoms with van der Waals surface area (Å²) in [5.41, 5.74) is 5.89. The maximum Gasteiger partial charge on any atom is 0.0587 e. The first-order chi connectivity index (χ1) is 7.84. The van der Waals surface area contributed by atoms with E-state index < -0.39 is 0 Å². The topological polar surface area (TPSA) is 47.3 Å². The molecule has 3 nitrogen and oxygen atoms in total. The van der Waals surface area contributed by atoms with Crippen LogP contribution in [0.3, 0.4) is 0 Å². The molecule has 0 amide bonds. The molecular formula is C13H26N2O. The normalized spacial score (nSPS) is 36.2. The Morgan fingerprint density at radius 3 is 2.56 bits per heavy atom. The van der Waals surface area contributed by atoms with Gasteiger partial charge in [-0.1, -0.05) is 0 Å². The summed E-state index contributed by atoms with van der Waals surface area (Å²) in [6.07, 6.45) is 10.5. The molecule has 0 aromatic rings. The van der Waals surface area contributed by atoms with Crippen LogP contribution >= 0.6 is 0 Å². The molecule has 3 N–H and O–H groups in total. The highest BCUT2D eigenvalue weighted by Gasteiger charge is 2.18. The Labute approximate surface area is 99.1 Å². The molecule has 16 heavy (non-hydrogen) atoms. The number of ether oxygens (including phenoxy) is 1. The van der Waals surface area contributed by atoms with Crippen molar-refractivity contribution in [3.05, 3.63) is 0 Å². The van der Waals surface area contributed by atoms with Crippen molar-refractivity contribution in [2.24, 2.45) is 5.73 Å². The first-order valence-corrected chi connectivity index (χ1v) is 6.95. The van der Waals surface area contributed by atoms with E-state index >= 15 is 0 Å². The van der Waals surface area contributed by atoms with Gasteiger partial charge in [0.05, 0.1) is 6.10 Å². The lowest BCUT2D eigenvalue weighted by molar-refractivity contribution is 0.0110. The van der Waals surface area contributed by atoms with Crippen LogP contribution in [0.5, 0.6) is 0 Å². The molecule has 1 aliphatic carbocycles. The van der Waals surface area contributed by atoms with Crippen molar-refractivity contribution >= 4 is 0 Å². The summed E-state index contributed by atoms with van der Waals surface area (Å²) >= 11 is 0. The van der Waals surface area contributed by atoms with Gasteiger partial charge in [0.15, 0.2) is 0 Å². The Kier molecular flexibility index (Phi) is 5.07. The number of nitrogens with two attached hydrogens (primary N) is 1. The summed E-state index contributed by atoms with van der Waals surface area (Å²) in [6, 6.07) is 1.17. The molecule has 1 heterocycles. The fourth-order valence-electron chi connectivity index (χ4n) is 2.81. The van der Waals surface area contributed by atoms with Gasteiger partial charge in [-0.05, 0) is 57.9 Å². The molecule has 1 saturated heterocycles. The number of rotatable bonds is 4. The Balaban J connectivity index is 1.53. The van der Waals surface area contributed by atoms with Gasteiger partial charge in [0, 0.05) is 18.7 Å². The molecule has 1 aliphatic heterocycles. The van der Waals surface area contributed by atoms with E-state index in [1.165, 1.54) is 51.4 Å². The lowest BCUT2D eigenvalue weighted by atomic mass is 9.92. The summed E-state index contributed by atoms with van der Waals surface area (Å²) in [5.74, 6) is 0. The van der Waals surface area contributed by atoms with E-state index in [1.807, 2.05) is 0 Å². The first kappa shape index (κ1) is 12.3. The minimum Gasteiger partial charge on any atom is -0.378 e. The van der Waals surface area contributed by atoms with Gasteiger partial charge in [0.25, 0.3) is 0 Å². The summed E-state index contributed by atoms with van der Waals surface area (Å²) in [4.78, 5) is 0. The third-order valence-corrected chi connectivity index (χ3v) is 3.95. The Hall–Kier alpha value is -0.120. The second-order valence-corrected chi connectivity index (χ2v) is 5.34. The standard InChI is InChI=1S/C13H26N2O/c14-11-4-6-12(7-5-11)15-9-8-13-3-1-2-10-16-13/h11-13,15H,1-10,14H2. The largest absolute Gasteiger partial charge is 0.378 e. The zero-order valence-electron chi connectivity index (χ0n) is 10.3. The third kappa shape index (κ3) is 4.04. The molecule has 2 aliphatic rings. The van der Waals surface area contributed by atoms with Crippen LogP contribution in [0.4, 0.5) is 0 Å². The average Bonchev–Trinajstić information content (AvgIpc) is 2.33. The van der Waals surface area contributed by atoms with Crippen LogP contribution in [0.2, 0.25) is 0 Å². The Bertz CT molecular complexity index is 184. The van der Waals surface area contributed by atoms with E-state index in [0.29, 0.717) is 18.2 Å². The van der Waals surface area contributed by atoms with Crippen molar-refractivity contribution in [3.8, 4) is 0 Å². The molecular weight excluding hydrogens is 200 g/mol. The lowest BCUT2D eigenvalue weighted by Gasteiger charge is -2.28. The van der Waals surface area contributed by atoms with Gasteiger partial charge in [-0.25, -0.2) is 0 Å². The monoisotopic (exact) mass is 226 g/mol. The summed E-state index contributed by atoms with van der Waals surface area (Å²) in [7, 11) is 0. The molecule has 0 spiro atoms. The van der Waals surface area contributed by atoms with Crippen LogP contribution in [0.15, 0.2) is 0 Å². The molecule has 3 heteroatoms. The molecule has 0 aromatic carbocycles. The fraction of sp³-hybridized carbons (Fsp3) is 1.00. The zero-order chi connectivity index (χ0) is 11.2. The van der Waals surface area contributed by atoms with Gasteiger partial charge in [0.1, 0.15) is 0 Å². The smallest absolute Gasteiger partial charge is 0.0587 e. The van der Waals surface area contributed by atoms with Crippen molar-refractivity contribution < 1.29 is 4.74 Å². The first-order valence-electron chi connectivity index (χ1n) is 6.95.